The third-order valence-electron chi connectivity index (χ3n) is 4.58. The topological polar surface area (TPSA) is 18.5 Å². The zero-order chi connectivity index (χ0) is 19.1. The maximum absolute atomic E-state index is 6.03. The Hall–Kier alpha value is 0.140. The Morgan fingerprint density at radius 3 is 1.73 bits per heavy atom. The largest absolute Gasteiger partial charge is 0.353 e. The summed E-state index contributed by atoms with van der Waals surface area (Å²) in [4.78, 5) is 0. The summed E-state index contributed by atoms with van der Waals surface area (Å²) in [6, 6.07) is 0. The first-order valence-electron chi connectivity index (χ1n) is 11.3. The third kappa shape index (κ3) is 20.5. The van der Waals surface area contributed by atoms with Crippen molar-refractivity contribution in [3.05, 3.63) is 12.2 Å². The van der Waals surface area contributed by atoms with Crippen molar-refractivity contribution in [1.82, 2.24) is 0 Å². The average Bonchev–Trinajstić information content (AvgIpc) is 2.65. The first kappa shape index (κ1) is 26.1. The molecule has 0 saturated carbocycles. The second-order valence-corrected chi connectivity index (χ2v) is 8.03. The van der Waals surface area contributed by atoms with Gasteiger partial charge in [0.2, 0.25) is 0 Å². The lowest BCUT2D eigenvalue weighted by Crippen LogP contribution is -2.19. The molecule has 0 N–H and O–H groups in total. The first-order valence-corrected chi connectivity index (χ1v) is 12.4. The molecular weight excluding hydrogens is 388 g/mol. The van der Waals surface area contributed by atoms with Crippen molar-refractivity contribution in [2.24, 2.45) is 0 Å². The van der Waals surface area contributed by atoms with E-state index in [2.05, 4.69) is 41.9 Å². The molecule has 0 fully saturated rings. The highest BCUT2D eigenvalue weighted by molar-refractivity contribution is 9.09. The van der Waals surface area contributed by atoms with Crippen LogP contribution in [0.2, 0.25) is 0 Å². The molecule has 0 aliphatic carbocycles. The van der Waals surface area contributed by atoms with E-state index in [-0.39, 0.29) is 6.29 Å². The molecule has 0 heterocycles. The minimum atomic E-state index is 0.0210. The number of allylic oxidation sites excluding steroid dienone is 2. The van der Waals surface area contributed by atoms with Gasteiger partial charge in [0.15, 0.2) is 6.29 Å². The van der Waals surface area contributed by atoms with Gasteiger partial charge in [-0.05, 0) is 51.4 Å². The summed E-state index contributed by atoms with van der Waals surface area (Å²) < 4.78 is 12.1. The van der Waals surface area contributed by atoms with Crippen LogP contribution in [0.4, 0.5) is 0 Å². The highest BCUT2D eigenvalue weighted by Crippen LogP contribution is 2.13. The summed E-state index contributed by atoms with van der Waals surface area (Å²) >= 11 is 3.47. The third-order valence-corrected chi connectivity index (χ3v) is 5.15. The van der Waals surface area contributed by atoms with Crippen LogP contribution in [0.15, 0.2) is 12.2 Å². The van der Waals surface area contributed by atoms with Crippen LogP contribution < -0.4 is 0 Å². The summed E-state index contributed by atoms with van der Waals surface area (Å²) in [6.07, 6.45) is 23.2. The Morgan fingerprint density at radius 1 is 0.654 bits per heavy atom. The zero-order valence-electron chi connectivity index (χ0n) is 17.7. The van der Waals surface area contributed by atoms with E-state index in [4.69, 9.17) is 9.47 Å². The highest BCUT2D eigenvalue weighted by Gasteiger charge is 2.09. The molecule has 0 atom stereocenters. The van der Waals surface area contributed by atoms with Gasteiger partial charge in [-0.1, -0.05) is 86.9 Å². The second kappa shape index (κ2) is 23.2. The Bertz CT molecular complexity index is 267. The van der Waals surface area contributed by atoms with E-state index in [1.165, 1.54) is 89.9 Å². The Labute approximate surface area is 172 Å². The lowest BCUT2D eigenvalue weighted by Gasteiger charge is -2.19. The van der Waals surface area contributed by atoms with Crippen molar-refractivity contribution < 1.29 is 9.47 Å². The molecule has 0 saturated heterocycles. The van der Waals surface area contributed by atoms with Gasteiger partial charge in [-0.3, -0.25) is 0 Å². The van der Waals surface area contributed by atoms with E-state index in [0.29, 0.717) is 0 Å². The smallest absolute Gasteiger partial charge is 0.157 e. The van der Waals surface area contributed by atoms with E-state index in [1.807, 2.05) is 0 Å². The van der Waals surface area contributed by atoms with Crippen LogP contribution in [0.3, 0.4) is 0 Å². The molecule has 0 rings (SSSR count). The normalized spacial score (nSPS) is 11.8. The molecule has 0 aromatic rings. The number of halogens is 1. The maximum atomic E-state index is 6.03. The number of rotatable bonds is 21. The molecule has 0 aliphatic heterocycles. The van der Waals surface area contributed by atoms with Crippen LogP contribution in [0.5, 0.6) is 0 Å². The summed E-state index contributed by atoms with van der Waals surface area (Å²) in [6.45, 7) is 6.21. The number of hydrogen-bond donors (Lipinski definition) is 0. The summed E-state index contributed by atoms with van der Waals surface area (Å²) in [7, 11) is 0. The monoisotopic (exact) mass is 432 g/mol. The van der Waals surface area contributed by atoms with Gasteiger partial charge in [-0.2, -0.15) is 0 Å². The number of hydrogen-bond acceptors (Lipinski definition) is 2. The van der Waals surface area contributed by atoms with E-state index in [0.717, 1.165) is 25.0 Å². The Balaban J connectivity index is 3.78. The standard InChI is InChI=1S/C23H45BrO2/c1-3-5-7-17-21-25-23(26-22-18-8-6-4-2)19-15-13-11-9-10-12-14-16-20-24/h10,12,23H,3-9,11,13-22H2,1-2H3/b12-10+. The predicted octanol–water partition coefficient (Wildman–Crippen LogP) is 8.19. The summed E-state index contributed by atoms with van der Waals surface area (Å²) in [5.41, 5.74) is 0. The van der Waals surface area contributed by atoms with Crippen molar-refractivity contribution in [3.8, 4) is 0 Å². The second-order valence-electron chi connectivity index (χ2n) is 7.23. The predicted molar refractivity (Wildman–Crippen MR) is 119 cm³/mol. The van der Waals surface area contributed by atoms with E-state index in [1.54, 1.807) is 0 Å². The van der Waals surface area contributed by atoms with Gasteiger partial charge in [0.05, 0.1) is 0 Å². The molecule has 2 nitrogen and oxygen atoms in total. The van der Waals surface area contributed by atoms with Gasteiger partial charge in [-0.25, -0.2) is 0 Å². The van der Waals surface area contributed by atoms with Crippen LogP contribution in [0.25, 0.3) is 0 Å². The van der Waals surface area contributed by atoms with Crippen molar-refractivity contribution in [1.29, 1.82) is 0 Å². The molecule has 156 valence electrons. The van der Waals surface area contributed by atoms with Gasteiger partial charge in [-0.15, -0.1) is 0 Å². The van der Waals surface area contributed by atoms with Crippen LogP contribution in [0, 0.1) is 0 Å². The zero-order valence-corrected chi connectivity index (χ0v) is 19.2. The number of unbranched alkanes of at least 4 members (excludes halogenated alkanes) is 10. The fourth-order valence-electron chi connectivity index (χ4n) is 2.88. The average molecular weight is 434 g/mol. The molecule has 0 spiro atoms. The maximum Gasteiger partial charge on any atom is 0.157 e. The van der Waals surface area contributed by atoms with Crippen LogP contribution in [-0.4, -0.2) is 24.8 Å². The number of ether oxygens (including phenoxy) is 2. The molecule has 0 radical (unpaired) electrons. The van der Waals surface area contributed by atoms with Crippen molar-refractivity contribution >= 4 is 15.9 Å². The quantitative estimate of drug-likeness (QED) is 0.0786. The molecule has 0 aromatic heterocycles. The summed E-state index contributed by atoms with van der Waals surface area (Å²) in [5, 5.41) is 1.11. The van der Waals surface area contributed by atoms with E-state index >= 15 is 0 Å². The van der Waals surface area contributed by atoms with E-state index < -0.39 is 0 Å². The highest BCUT2D eigenvalue weighted by atomic mass is 79.9. The van der Waals surface area contributed by atoms with Crippen LogP contribution >= 0.6 is 15.9 Å². The first-order chi connectivity index (χ1) is 12.8. The van der Waals surface area contributed by atoms with Crippen molar-refractivity contribution in [3.63, 3.8) is 0 Å². The summed E-state index contributed by atoms with van der Waals surface area (Å²) in [5.74, 6) is 0. The van der Waals surface area contributed by atoms with Gasteiger partial charge in [0.1, 0.15) is 0 Å². The van der Waals surface area contributed by atoms with Crippen molar-refractivity contribution in [2.45, 2.75) is 116 Å². The van der Waals surface area contributed by atoms with Crippen LogP contribution in [-0.2, 0) is 9.47 Å². The Kier molecular flexibility index (Phi) is 23.3. The molecule has 0 amide bonds. The Morgan fingerprint density at radius 2 is 1.19 bits per heavy atom. The number of alkyl halides is 1. The van der Waals surface area contributed by atoms with E-state index in [9.17, 15) is 0 Å². The molecule has 26 heavy (non-hydrogen) atoms. The van der Waals surface area contributed by atoms with Gasteiger partial charge < -0.3 is 9.47 Å². The SMILES string of the molecule is CCCCCCOC(CCCCC/C=C/CCCBr)OCCCCCC. The lowest BCUT2D eigenvalue weighted by atomic mass is 10.1. The van der Waals surface area contributed by atoms with Gasteiger partial charge in [0, 0.05) is 18.5 Å². The van der Waals surface area contributed by atoms with Gasteiger partial charge in [0.25, 0.3) is 0 Å². The minimum absolute atomic E-state index is 0.0210. The van der Waals surface area contributed by atoms with Crippen molar-refractivity contribution in [2.75, 3.05) is 18.5 Å². The minimum Gasteiger partial charge on any atom is -0.353 e. The van der Waals surface area contributed by atoms with Crippen LogP contribution in [0.1, 0.15) is 110 Å². The molecule has 0 bridgehead atoms. The molecule has 0 aromatic carbocycles. The molecule has 0 unspecified atom stereocenters. The van der Waals surface area contributed by atoms with Gasteiger partial charge >= 0.3 is 0 Å². The lowest BCUT2D eigenvalue weighted by molar-refractivity contribution is -0.148. The molecule has 3 heteroatoms. The molecular formula is C23H45BrO2. The molecule has 0 aliphatic rings. The fourth-order valence-corrected chi connectivity index (χ4v) is 3.21. The fraction of sp³-hybridized carbons (Fsp3) is 0.913.